The summed E-state index contributed by atoms with van der Waals surface area (Å²) in [4.78, 5) is 18.5. The molecular formula is C8H14O6Ti. The van der Waals surface area contributed by atoms with Crippen molar-refractivity contribution in [1.29, 1.82) is 0 Å². The summed E-state index contributed by atoms with van der Waals surface area (Å²) in [5.74, 6) is -1.96. The molecule has 0 aliphatic rings. The Hall–Kier alpha value is -0.946. The SMILES string of the molecule is C=CC(=O)O.C=CC(=O)O.OCCO.[Ti]. The Kier molecular flexibility index (Phi) is 36.5. The predicted molar refractivity (Wildman–Crippen MR) is 49.8 cm³/mol. The second-order valence-corrected chi connectivity index (χ2v) is 1.53. The van der Waals surface area contributed by atoms with Gasteiger partial charge in [0.25, 0.3) is 0 Å². The summed E-state index contributed by atoms with van der Waals surface area (Å²) >= 11 is 0. The van der Waals surface area contributed by atoms with E-state index >= 15 is 0 Å². The fourth-order valence-corrected chi connectivity index (χ4v) is 0. The van der Waals surface area contributed by atoms with Gasteiger partial charge in [-0.15, -0.1) is 0 Å². The van der Waals surface area contributed by atoms with Gasteiger partial charge in [-0.3, -0.25) is 0 Å². The largest absolute Gasteiger partial charge is 0.478 e. The van der Waals surface area contributed by atoms with Crippen LogP contribution >= 0.6 is 0 Å². The number of carboxylic acid groups (broad SMARTS) is 2. The number of carbonyl (C=O) groups is 2. The molecule has 7 heteroatoms. The summed E-state index contributed by atoms with van der Waals surface area (Å²) in [7, 11) is 0. The molecule has 86 valence electrons. The summed E-state index contributed by atoms with van der Waals surface area (Å²) < 4.78 is 0. The van der Waals surface area contributed by atoms with E-state index in [1.165, 1.54) is 0 Å². The Labute approximate surface area is 102 Å². The normalized spacial score (nSPS) is 6.27. The Morgan fingerprint density at radius 3 is 1.07 bits per heavy atom. The maximum absolute atomic E-state index is 9.25. The summed E-state index contributed by atoms with van der Waals surface area (Å²) in [5, 5.41) is 30.5. The van der Waals surface area contributed by atoms with Crippen molar-refractivity contribution in [2.75, 3.05) is 13.2 Å². The van der Waals surface area contributed by atoms with E-state index in [0.29, 0.717) is 0 Å². The van der Waals surface area contributed by atoms with Crippen molar-refractivity contribution in [2.45, 2.75) is 0 Å². The van der Waals surface area contributed by atoms with Gasteiger partial charge in [0, 0.05) is 33.9 Å². The van der Waals surface area contributed by atoms with Gasteiger partial charge in [0.2, 0.25) is 0 Å². The monoisotopic (exact) mass is 254 g/mol. The second kappa shape index (κ2) is 23.1. The molecule has 0 saturated carbocycles. The minimum absolute atomic E-state index is 0. The number of carboxylic acids is 2. The average molecular weight is 254 g/mol. The van der Waals surface area contributed by atoms with E-state index in [4.69, 9.17) is 20.4 Å². The second-order valence-electron chi connectivity index (χ2n) is 1.53. The Balaban J connectivity index is -0.0000000590. The van der Waals surface area contributed by atoms with Gasteiger partial charge >= 0.3 is 11.9 Å². The topological polar surface area (TPSA) is 115 Å². The summed E-state index contributed by atoms with van der Waals surface area (Å²) in [6, 6.07) is 0. The first kappa shape index (κ1) is 23.7. The number of rotatable bonds is 3. The van der Waals surface area contributed by atoms with Crippen LogP contribution in [0.3, 0.4) is 0 Å². The minimum Gasteiger partial charge on any atom is -0.478 e. The molecule has 0 spiro atoms. The fourth-order valence-electron chi connectivity index (χ4n) is 0. The van der Waals surface area contributed by atoms with Crippen LogP contribution in [0, 0.1) is 0 Å². The van der Waals surface area contributed by atoms with E-state index < -0.39 is 11.9 Å². The van der Waals surface area contributed by atoms with E-state index in [2.05, 4.69) is 13.2 Å². The third-order valence-electron chi connectivity index (χ3n) is 0.449. The number of aliphatic carboxylic acids is 2. The van der Waals surface area contributed by atoms with E-state index in [1.54, 1.807) is 0 Å². The van der Waals surface area contributed by atoms with Crippen molar-refractivity contribution in [3.63, 3.8) is 0 Å². The van der Waals surface area contributed by atoms with Crippen LogP contribution < -0.4 is 0 Å². The van der Waals surface area contributed by atoms with Crippen LogP contribution in [-0.2, 0) is 31.3 Å². The average Bonchev–Trinajstić information content (AvgIpc) is 2.19. The van der Waals surface area contributed by atoms with Gasteiger partial charge in [-0.25, -0.2) is 9.59 Å². The maximum atomic E-state index is 9.25. The summed E-state index contributed by atoms with van der Waals surface area (Å²) in [6.07, 6.45) is 1.67. The first-order valence-corrected chi connectivity index (χ1v) is 3.38. The minimum atomic E-state index is -0.981. The van der Waals surface area contributed by atoms with Gasteiger partial charge in [0.15, 0.2) is 0 Å². The van der Waals surface area contributed by atoms with Gasteiger partial charge in [-0.05, 0) is 0 Å². The third-order valence-corrected chi connectivity index (χ3v) is 0.449. The van der Waals surface area contributed by atoms with Gasteiger partial charge in [-0.1, -0.05) is 13.2 Å². The molecule has 0 saturated heterocycles. The first-order valence-electron chi connectivity index (χ1n) is 3.38. The van der Waals surface area contributed by atoms with Crippen LogP contribution in [0.5, 0.6) is 0 Å². The fraction of sp³-hybridized carbons (Fsp3) is 0.250. The third kappa shape index (κ3) is 97.0. The number of hydrogen-bond acceptors (Lipinski definition) is 4. The molecule has 15 heavy (non-hydrogen) atoms. The molecule has 0 heterocycles. The van der Waals surface area contributed by atoms with E-state index in [1.807, 2.05) is 0 Å². The molecule has 6 nitrogen and oxygen atoms in total. The van der Waals surface area contributed by atoms with Crippen molar-refractivity contribution < 1.29 is 51.7 Å². The molecule has 0 aromatic carbocycles. The van der Waals surface area contributed by atoms with Crippen molar-refractivity contribution >= 4 is 11.9 Å². The van der Waals surface area contributed by atoms with Crippen LogP contribution in [0.1, 0.15) is 0 Å². The van der Waals surface area contributed by atoms with E-state index in [9.17, 15) is 9.59 Å². The molecular weight excluding hydrogens is 240 g/mol. The Morgan fingerprint density at radius 2 is 1.07 bits per heavy atom. The first-order chi connectivity index (χ1) is 6.45. The maximum Gasteiger partial charge on any atom is 0.327 e. The van der Waals surface area contributed by atoms with Crippen molar-refractivity contribution in [3.05, 3.63) is 25.3 Å². The molecule has 0 aliphatic carbocycles. The van der Waals surface area contributed by atoms with Crippen LogP contribution in [0.25, 0.3) is 0 Å². The van der Waals surface area contributed by atoms with Crippen molar-refractivity contribution in [1.82, 2.24) is 0 Å². The van der Waals surface area contributed by atoms with E-state index in [-0.39, 0.29) is 34.9 Å². The Morgan fingerprint density at radius 1 is 0.933 bits per heavy atom. The zero-order chi connectivity index (χ0) is 12.0. The quantitative estimate of drug-likeness (QED) is 0.398. The summed E-state index contributed by atoms with van der Waals surface area (Å²) in [5.41, 5.74) is 0. The van der Waals surface area contributed by atoms with Crippen molar-refractivity contribution in [3.8, 4) is 0 Å². The molecule has 0 amide bonds. The zero-order valence-electron chi connectivity index (χ0n) is 8.09. The molecule has 0 rings (SSSR count). The van der Waals surface area contributed by atoms with Gasteiger partial charge in [0.05, 0.1) is 13.2 Å². The van der Waals surface area contributed by atoms with Crippen LogP contribution in [0.2, 0.25) is 0 Å². The molecule has 0 aliphatic heterocycles. The molecule has 0 radical (unpaired) electrons. The standard InChI is InChI=1S/2C3H4O2.C2H6O2.Ti/c2*1-2-3(4)5;3-1-2-4;/h2*2H,1H2,(H,4,5);3-4H,1-2H2;. The molecule has 0 aromatic heterocycles. The molecule has 0 unspecified atom stereocenters. The summed E-state index contributed by atoms with van der Waals surface area (Å²) in [6.45, 7) is 5.67. The predicted octanol–water partition coefficient (Wildman–Crippen LogP) is -0.518. The van der Waals surface area contributed by atoms with Crippen LogP contribution in [0.15, 0.2) is 25.3 Å². The molecule has 0 atom stereocenters. The number of aliphatic hydroxyl groups excluding tert-OH is 2. The molecule has 0 aromatic rings. The van der Waals surface area contributed by atoms with Crippen LogP contribution in [0.4, 0.5) is 0 Å². The van der Waals surface area contributed by atoms with Gasteiger partial charge in [0.1, 0.15) is 0 Å². The smallest absolute Gasteiger partial charge is 0.327 e. The molecule has 4 N–H and O–H groups in total. The van der Waals surface area contributed by atoms with Gasteiger partial charge < -0.3 is 20.4 Å². The molecule has 0 bridgehead atoms. The number of hydrogen-bond donors (Lipinski definition) is 4. The van der Waals surface area contributed by atoms with Gasteiger partial charge in [-0.2, -0.15) is 0 Å². The van der Waals surface area contributed by atoms with Crippen molar-refractivity contribution in [2.24, 2.45) is 0 Å². The number of aliphatic hydroxyl groups is 2. The zero-order valence-corrected chi connectivity index (χ0v) is 9.65. The Bertz CT molecular complexity index is 160. The molecule has 0 fully saturated rings. The van der Waals surface area contributed by atoms with E-state index in [0.717, 1.165) is 12.2 Å². The van der Waals surface area contributed by atoms with Crippen LogP contribution in [-0.4, -0.2) is 45.6 Å².